The zero-order valence-corrected chi connectivity index (χ0v) is 9.53. The van der Waals surface area contributed by atoms with Crippen molar-refractivity contribution in [3.05, 3.63) is 24.3 Å². The van der Waals surface area contributed by atoms with Crippen LogP contribution in [0.2, 0.25) is 0 Å². The first-order chi connectivity index (χ1) is 6.76. The number of benzene rings is 1. The molecule has 0 radical (unpaired) electrons. The molecule has 0 bridgehead atoms. The summed E-state index contributed by atoms with van der Waals surface area (Å²) in [5.74, 6) is 1.50. The highest BCUT2D eigenvalue weighted by Crippen LogP contribution is 2.19. The lowest BCUT2D eigenvalue weighted by molar-refractivity contribution is 0.243. The number of alkyl halides is 1. The molecule has 14 heavy (non-hydrogen) atoms. The van der Waals surface area contributed by atoms with Crippen molar-refractivity contribution < 1.29 is 14.6 Å². The van der Waals surface area contributed by atoms with Crippen LogP contribution in [0.1, 0.15) is 0 Å². The molecule has 0 fully saturated rings. The van der Waals surface area contributed by atoms with Gasteiger partial charge in [0, 0.05) is 6.07 Å². The van der Waals surface area contributed by atoms with Crippen molar-refractivity contribution in [2.24, 2.45) is 0 Å². The van der Waals surface area contributed by atoms with Gasteiger partial charge in [0.25, 0.3) is 0 Å². The van der Waals surface area contributed by atoms with E-state index in [1.165, 1.54) is 0 Å². The minimum absolute atomic E-state index is 0.0336. The van der Waals surface area contributed by atoms with Crippen molar-refractivity contribution >= 4 is 15.9 Å². The highest BCUT2D eigenvalue weighted by molar-refractivity contribution is 9.09. The third-order valence-corrected chi connectivity index (χ3v) is 2.22. The molecule has 0 spiro atoms. The van der Waals surface area contributed by atoms with Crippen LogP contribution in [-0.4, -0.2) is 30.3 Å². The Morgan fingerprint density at radius 2 is 2.14 bits per heavy atom. The fourth-order valence-electron chi connectivity index (χ4n) is 0.930. The summed E-state index contributed by atoms with van der Waals surface area (Å²) in [6.45, 7) is 0.494. The monoisotopic (exact) mass is 260 g/mol. The van der Waals surface area contributed by atoms with Crippen molar-refractivity contribution in [3.8, 4) is 11.5 Å². The van der Waals surface area contributed by atoms with Gasteiger partial charge in [0.2, 0.25) is 0 Å². The summed E-state index contributed by atoms with van der Waals surface area (Å²) < 4.78 is 10.5. The molecule has 1 unspecified atom stereocenters. The Bertz CT molecular complexity index is 278. The van der Waals surface area contributed by atoms with Gasteiger partial charge in [0.05, 0.1) is 18.5 Å². The molecule has 0 aliphatic heterocycles. The highest BCUT2D eigenvalue weighted by Gasteiger charge is 2.03. The van der Waals surface area contributed by atoms with Crippen LogP contribution >= 0.6 is 15.9 Å². The summed E-state index contributed by atoms with van der Waals surface area (Å²) in [5.41, 5.74) is 0. The Balaban J connectivity index is 2.50. The Morgan fingerprint density at radius 3 is 2.79 bits per heavy atom. The standard InChI is InChI=1S/C10H13BrO3/c1-13-9-3-2-4-10(5-9)14-7-8(11)6-12/h2-5,8,12H,6-7H2,1H3. The maximum absolute atomic E-state index is 8.76. The third kappa shape index (κ3) is 3.55. The minimum atomic E-state index is -0.0336. The fraction of sp³-hybridized carbons (Fsp3) is 0.400. The van der Waals surface area contributed by atoms with Crippen molar-refractivity contribution in [1.82, 2.24) is 0 Å². The SMILES string of the molecule is COc1cccc(OCC(Br)CO)c1. The summed E-state index contributed by atoms with van der Waals surface area (Å²) in [6.07, 6.45) is 0. The van der Waals surface area contributed by atoms with E-state index in [0.29, 0.717) is 6.61 Å². The molecule has 0 saturated carbocycles. The van der Waals surface area contributed by atoms with Gasteiger partial charge >= 0.3 is 0 Å². The van der Waals surface area contributed by atoms with Crippen LogP contribution in [0, 0.1) is 0 Å². The normalized spacial score (nSPS) is 12.2. The van der Waals surface area contributed by atoms with E-state index in [0.717, 1.165) is 11.5 Å². The Hall–Kier alpha value is -0.740. The average molecular weight is 261 g/mol. The van der Waals surface area contributed by atoms with E-state index < -0.39 is 0 Å². The van der Waals surface area contributed by atoms with E-state index in [-0.39, 0.29) is 11.4 Å². The first kappa shape index (κ1) is 11.3. The molecular weight excluding hydrogens is 248 g/mol. The van der Waals surface area contributed by atoms with Gasteiger partial charge in [-0.25, -0.2) is 0 Å². The molecule has 0 aliphatic rings. The minimum Gasteiger partial charge on any atom is -0.497 e. The van der Waals surface area contributed by atoms with Crippen molar-refractivity contribution in [1.29, 1.82) is 0 Å². The van der Waals surface area contributed by atoms with Crippen molar-refractivity contribution in [2.75, 3.05) is 20.3 Å². The largest absolute Gasteiger partial charge is 0.497 e. The number of aliphatic hydroxyl groups excluding tert-OH is 1. The van der Waals surface area contributed by atoms with Gasteiger partial charge in [-0.3, -0.25) is 0 Å². The molecule has 0 aliphatic carbocycles. The average Bonchev–Trinajstić information content (AvgIpc) is 2.26. The zero-order chi connectivity index (χ0) is 10.4. The topological polar surface area (TPSA) is 38.7 Å². The van der Waals surface area contributed by atoms with Crippen LogP contribution < -0.4 is 9.47 Å². The molecule has 1 atom stereocenters. The Kier molecular flexibility index (Phi) is 4.76. The lowest BCUT2D eigenvalue weighted by Crippen LogP contribution is -2.14. The number of hydrogen-bond acceptors (Lipinski definition) is 3. The van der Waals surface area contributed by atoms with Crippen LogP contribution in [0.25, 0.3) is 0 Å². The smallest absolute Gasteiger partial charge is 0.123 e. The number of methoxy groups -OCH3 is 1. The van der Waals surface area contributed by atoms with E-state index in [9.17, 15) is 0 Å². The molecule has 1 N–H and O–H groups in total. The van der Waals surface area contributed by atoms with Crippen LogP contribution in [0.5, 0.6) is 11.5 Å². The van der Waals surface area contributed by atoms with Crippen molar-refractivity contribution in [2.45, 2.75) is 4.83 Å². The predicted molar refractivity (Wildman–Crippen MR) is 58.3 cm³/mol. The summed E-state index contributed by atoms with van der Waals surface area (Å²) in [4.78, 5) is -0.0336. The molecule has 78 valence electrons. The van der Waals surface area contributed by atoms with Crippen LogP contribution in [0.4, 0.5) is 0 Å². The Morgan fingerprint density at radius 1 is 1.43 bits per heavy atom. The van der Waals surface area contributed by atoms with Gasteiger partial charge in [-0.05, 0) is 12.1 Å². The third-order valence-electron chi connectivity index (χ3n) is 1.67. The first-order valence-corrected chi connectivity index (χ1v) is 5.19. The summed E-state index contributed by atoms with van der Waals surface area (Å²) in [6, 6.07) is 7.36. The maximum Gasteiger partial charge on any atom is 0.123 e. The van der Waals surface area contributed by atoms with Gasteiger partial charge in [-0.2, -0.15) is 0 Å². The van der Waals surface area contributed by atoms with Gasteiger partial charge < -0.3 is 14.6 Å². The molecular formula is C10H13BrO3. The van der Waals surface area contributed by atoms with Gasteiger partial charge in [0.15, 0.2) is 0 Å². The zero-order valence-electron chi connectivity index (χ0n) is 7.94. The summed E-state index contributed by atoms with van der Waals surface area (Å²) in [7, 11) is 1.61. The number of rotatable bonds is 5. The summed E-state index contributed by atoms with van der Waals surface area (Å²) >= 11 is 3.26. The Labute approximate surface area is 91.8 Å². The molecule has 1 aromatic carbocycles. The van der Waals surface area contributed by atoms with Gasteiger partial charge in [0.1, 0.15) is 18.1 Å². The number of aliphatic hydroxyl groups is 1. The number of halogens is 1. The fourth-order valence-corrected chi connectivity index (χ4v) is 1.06. The van der Waals surface area contributed by atoms with E-state index in [2.05, 4.69) is 15.9 Å². The molecule has 1 aromatic rings. The summed E-state index contributed by atoms with van der Waals surface area (Å²) in [5, 5.41) is 8.76. The number of ether oxygens (including phenoxy) is 2. The van der Waals surface area contributed by atoms with Crippen molar-refractivity contribution in [3.63, 3.8) is 0 Å². The highest BCUT2D eigenvalue weighted by atomic mass is 79.9. The van der Waals surface area contributed by atoms with Gasteiger partial charge in [-0.15, -0.1) is 0 Å². The molecule has 3 nitrogen and oxygen atoms in total. The number of hydrogen-bond donors (Lipinski definition) is 1. The maximum atomic E-state index is 8.76. The molecule has 1 rings (SSSR count). The molecule has 4 heteroatoms. The first-order valence-electron chi connectivity index (χ1n) is 4.28. The molecule has 0 amide bonds. The van der Waals surface area contributed by atoms with E-state index in [4.69, 9.17) is 14.6 Å². The molecule has 0 saturated heterocycles. The second kappa shape index (κ2) is 5.88. The second-order valence-corrected chi connectivity index (χ2v) is 4.06. The molecule has 0 heterocycles. The lowest BCUT2D eigenvalue weighted by atomic mass is 10.3. The molecule has 0 aromatic heterocycles. The van der Waals surface area contributed by atoms with Crippen LogP contribution in [-0.2, 0) is 0 Å². The van der Waals surface area contributed by atoms with Crippen LogP contribution in [0.3, 0.4) is 0 Å². The van der Waals surface area contributed by atoms with E-state index >= 15 is 0 Å². The van der Waals surface area contributed by atoms with Crippen LogP contribution in [0.15, 0.2) is 24.3 Å². The quantitative estimate of drug-likeness (QED) is 0.822. The van der Waals surface area contributed by atoms with E-state index in [1.807, 2.05) is 18.2 Å². The van der Waals surface area contributed by atoms with Gasteiger partial charge in [-0.1, -0.05) is 22.0 Å². The lowest BCUT2D eigenvalue weighted by Gasteiger charge is -2.09. The van der Waals surface area contributed by atoms with E-state index in [1.54, 1.807) is 13.2 Å². The predicted octanol–water partition coefficient (Wildman–Crippen LogP) is 1.83. The second-order valence-electron chi connectivity index (χ2n) is 2.77.